The van der Waals surface area contributed by atoms with E-state index in [4.69, 9.17) is 0 Å². The Morgan fingerprint density at radius 1 is 1.18 bits per heavy atom. The molecule has 2 bridgehead atoms. The normalized spacial score (nSPS) is 34.9. The van der Waals surface area contributed by atoms with Crippen molar-refractivity contribution in [3.8, 4) is 0 Å². The Balaban J connectivity index is 1.94. The Hall–Kier alpha value is -1.41. The van der Waals surface area contributed by atoms with Crippen molar-refractivity contribution in [1.29, 1.82) is 0 Å². The number of Topliss-reactive ketones (excluding diaryl/α,β-unsaturated/α-hetero) is 1. The predicted octanol–water partition coefficient (Wildman–Crippen LogP) is 2.59. The molecule has 88 valence electrons. The lowest BCUT2D eigenvalue weighted by Crippen LogP contribution is -2.51. The molecule has 0 saturated heterocycles. The monoisotopic (exact) mass is 228 g/mol. The summed E-state index contributed by atoms with van der Waals surface area (Å²) in [5.74, 6) is 0.259. The number of hydrogen-bond donors (Lipinski definition) is 1. The van der Waals surface area contributed by atoms with Gasteiger partial charge in [0.2, 0.25) is 0 Å². The van der Waals surface area contributed by atoms with Crippen molar-refractivity contribution in [3.63, 3.8) is 0 Å². The van der Waals surface area contributed by atoms with Gasteiger partial charge in [-0.1, -0.05) is 42.5 Å². The van der Waals surface area contributed by atoms with Crippen LogP contribution in [-0.2, 0) is 0 Å². The number of carbonyl (C=O) groups is 1. The molecule has 0 amide bonds. The summed E-state index contributed by atoms with van der Waals surface area (Å²) in [6, 6.07) is 9.13. The number of ketones is 1. The van der Waals surface area contributed by atoms with Crippen LogP contribution in [0.25, 0.3) is 0 Å². The van der Waals surface area contributed by atoms with Gasteiger partial charge in [-0.25, -0.2) is 0 Å². The van der Waals surface area contributed by atoms with Gasteiger partial charge in [0.15, 0.2) is 5.78 Å². The molecule has 0 spiro atoms. The molecule has 1 aromatic carbocycles. The standard InChI is InChI=1S/C15H16O2/c16-14(12-4-2-1-3-5-12)15(17)10-11-6-8-13(15)9-7-11/h1-6,8,11,13,17H,7,9-10H2/t11-,13+,15-/m1/s1. The van der Waals surface area contributed by atoms with Crippen molar-refractivity contribution in [2.24, 2.45) is 11.8 Å². The minimum Gasteiger partial charge on any atom is -0.381 e. The molecule has 1 saturated carbocycles. The van der Waals surface area contributed by atoms with Crippen LogP contribution < -0.4 is 0 Å². The molecule has 2 nitrogen and oxygen atoms in total. The van der Waals surface area contributed by atoms with E-state index in [1.807, 2.05) is 24.3 Å². The van der Waals surface area contributed by atoms with Crippen LogP contribution in [0, 0.1) is 11.8 Å². The third kappa shape index (κ3) is 1.64. The van der Waals surface area contributed by atoms with Crippen LogP contribution in [0.3, 0.4) is 0 Å². The van der Waals surface area contributed by atoms with Crippen LogP contribution >= 0.6 is 0 Å². The van der Waals surface area contributed by atoms with Crippen LogP contribution in [0.4, 0.5) is 0 Å². The third-order valence-corrected chi connectivity index (χ3v) is 4.08. The molecular weight excluding hydrogens is 212 g/mol. The summed E-state index contributed by atoms with van der Waals surface area (Å²) in [6.07, 6.45) is 6.79. The van der Waals surface area contributed by atoms with Gasteiger partial charge < -0.3 is 5.11 Å². The van der Waals surface area contributed by atoms with Gasteiger partial charge in [0, 0.05) is 11.5 Å². The smallest absolute Gasteiger partial charge is 0.194 e. The van der Waals surface area contributed by atoms with Crippen LogP contribution in [0.5, 0.6) is 0 Å². The SMILES string of the molecule is O=C(c1ccccc1)[C@@]1(O)C[C@@H]2C=C[C@H]1CC2. The quantitative estimate of drug-likeness (QED) is 0.624. The molecule has 1 aromatic rings. The lowest BCUT2D eigenvalue weighted by atomic mass is 9.64. The zero-order chi connectivity index (χ0) is 11.9. The number of fused-ring (bicyclic) bond motifs is 2. The molecule has 0 heterocycles. The van der Waals surface area contributed by atoms with E-state index >= 15 is 0 Å². The van der Waals surface area contributed by atoms with Crippen molar-refractivity contribution in [3.05, 3.63) is 48.0 Å². The maximum atomic E-state index is 12.4. The summed E-state index contributed by atoms with van der Waals surface area (Å²) >= 11 is 0. The molecule has 1 N–H and O–H groups in total. The van der Waals surface area contributed by atoms with Crippen molar-refractivity contribution < 1.29 is 9.90 Å². The van der Waals surface area contributed by atoms with Crippen molar-refractivity contribution >= 4 is 5.78 Å². The van der Waals surface area contributed by atoms with Gasteiger partial charge in [-0.05, 0) is 25.2 Å². The molecule has 0 aromatic heterocycles. The number of hydrogen-bond acceptors (Lipinski definition) is 2. The van der Waals surface area contributed by atoms with E-state index in [1.165, 1.54) is 0 Å². The Morgan fingerprint density at radius 3 is 2.47 bits per heavy atom. The highest BCUT2D eigenvalue weighted by atomic mass is 16.3. The first-order valence-electron chi connectivity index (χ1n) is 6.21. The zero-order valence-corrected chi connectivity index (χ0v) is 9.67. The summed E-state index contributed by atoms with van der Waals surface area (Å²) in [6.45, 7) is 0. The molecule has 3 aliphatic rings. The Morgan fingerprint density at radius 2 is 1.94 bits per heavy atom. The maximum absolute atomic E-state index is 12.4. The van der Waals surface area contributed by atoms with Gasteiger partial charge in [-0.15, -0.1) is 0 Å². The minimum absolute atomic E-state index is 0.000191. The Kier molecular flexibility index (Phi) is 2.40. The topological polar surface area (TPSA) is 37.3 Å². The van der Waals surface area contributed by atoms with Crippen LogP contribution in [0.1, 0.15) is 29.6 Å². The van der Waals surface area contributed by atoms with Gasteiger partial charge >= 0.3 is 0 Å². The lowest BCUT2D eigenvalue weighted by Gasteiger charge is -2.43. The van der Waals surface area contributed by atoms with E-state index < -0.39 is 5.60 Å². The van der Waals surface area contributed by atoms with Gasteiger partial charge in [-0.3, -0.25) is 4.79 Å². The molecule has 3 aliphatic carbocycles. The molecule has 2 heteroatoms. The fraction of sp³-hybridized carbons (Fsp3) is 0.400. The van der Waals surface area contributed by atoms with E-state index in [-0.39, 0.29) is 11.7 Å². The number of aliphatic hydroxyl groups is 1. The average molecular weight is 228 g/mol. The molecular formula is C15H16O2. The first-order valence-corrected chi connectivity index (χ1v) is 6.21. The number of allylic oxidation sites excluding steroid dienone is 1. The Labute approximate surface area is 101 Å². The highest BCUT2D eigenvalue weighted by Crippen LogP contribution is 2.44. The molecule has 1 fully saturated rings. The van der Waals surface area contributed by atoms with E-state index in [1.54, 1.807) is 12.1 Å². The van der Waals surface area contributed by atoms with Gasteiger partial charge in [0.25, 0.3) is 0 Å². The fourth-order valence-electron chi connectivity index (χ4n) is 3.10. The summed E-state index contributed by atoms with van der Waals surface area (Å²) in [5, 5.41) is 10.7. The molecule has 0 radical (unpaired) electrons. The number of carbonyl (C=O) groups excluding carboxylic acids is 1. The average Bonchev–Trinajstić information content (AvgIpc) is 2.40. The van der Waals surface area contributed by atoms with Gasteiger partial charge in [0.05, 0.1) is 0 Å². The molecule has 0 aliphatic heterocycles. The second-order valence-corrected chi connectivity index (χ2v) is 5.15. The fourth-order valence-corrected chi connectivity index (χ4v) is 3.10. The largest absolute Gasteiger partial charge is 0.381 e. The highest BCUT2D eigenvalue weighted by molar-refractivity contribution is 6.02. The summed E-state index contributed by atoms with van der Waals surface area (Å²) in [7, 11) is 0. The molecule has 4 rings (SSSR count). The van der Waals surface area contributed by atoms with Crippen LogP contribution in [0.15, 0.2) is 42.5 Å². The number of benzene rings is 1. The van der Waals surface area contributed by atoms with E-state index in [2.05, 4.69) is 6.08 Å². The molecule has 3 atom stereocenters. The van der Waals surface area contributed by atoms with Gasteiger partial charge in [0.1, 0.15) is 5.60 Å². The summed E-state index contributed by atoms with van der Waals surface area (Å²) in [4.78, 5) is 12.4. The van der Waals surface area contributed by atoms with E-state index in [0.717, 1.165) is 12.8 Å². The first kappa shape index (κ1) is 10.7. The number of rotatable bonds is 2. The summed E-state index contributed by atoms with van der Waals surface area (Å²) in [5.41, 5.74) is -0.546. The molecule has 17 heavy (non-hydrogen) atoms. The predicted molar refractivity (Wildman–Crippen MR) is 65.7 cm³/mol. The minimum atomic E-state index is -1.17. The Bertz CT molecular complexity index is 463. The molecule has 0 unspecified atom stereocenters. The first-order chi connectivity index (χ1) is 8.20. The van der Waals surface area contributed by atoms with Crippen LogP contribution in [0.2, 0.25) is 0 Å². The maximum Gasteiger partial charge on any atom is 0.194 e. The van der Waals surface area contributed by atoms with Crippen LogP contribution in [-0.4, -0.2) is 16.5 Å². The van der Waals surface area contributed by atoms with Crippen molar-refractivity contribution in [1.82, 2.24) is 0 Å². The summed E-state index contributed by atoms with van der Waals surface area (Å²) < 4.78 is 0. The second kappa shape index (κ2) is 3.81. The van der Waals surface area contributed by atoms with Gasteiger partial charge in [-0.2, -0.15) is 0 Å². The highest BCUT2D eigenvalue weighted by Gasteiger charge is 2.48. The van der Waals surface area contributed by atoms with Crippen molar-refractivity contribution in [2.45, 2.75) is 24.9 Å². The third-order valence-electron chi connectivity index (χ3n) is 4.08. The second-order valence-electron chi connectivity index (χ2n) is 5.15. The zero-order valence-electron chi connectivity index (χ0n) is 9.67. The lowest BCUT2D eigenvalue weighted by molar-refractivity contribution is -0.0266. The van der Waals surface area contributed by atoms with E-state index in [0.29, 0.717) is 17.9 Å². The van der Waals surface area contributed by atoms with E-state index in [9.17, 15) is 9.90 Å². The van der Waals surface area contributed by atoms with Crippen molar-refractivity contribution in [2.75, 3.05) is 0 Å².